The Balaban J connectivity index is 2.59. The number of thioether (sulfide) groups is 1. The van der Waals surface area contributed by atoms with Gasteiger partial charge >= 0.3 is 0 Å². The van der Waals surface area contributed by atoms with Crippen molar-refractivity contribution in [1.82, 2.24) is 20.5 Å². The van der Waals surface area contributed by atoms with Crippen molar-refractivity contribution in [2.45, 2.75) is 32.7 Å². The lowest BCUT2D eigenvalue weighted by molar-refractivity contribution is 0.0933. The van der Waals surface area contributed by atoms with Gasteiger partial charge in [0.15, 0.2) is 0 Å². The predicted octanol–water partition coefficient (Wildman–Crippen LogP) is 1.41. The van der Waals surface area contributed by atoms with E-state index >= 15 is 0 Å². The fourth-order valence-corrected chi connectivity index (χ4v) is 1.80. The normalized spacial score (nSPS) is 12.8. The standard InChI is InChI=1S/C10H18N4OS/c1-6(2)8-12-9(14-13-8)10(15)11-7(3)5-16-4/h6-7H,5H2,1-4H3,(H,11,15)(H,12,13,14). The summed E-state index contributed by atoms with van der Waals surface area (Å²) >= 11 is 1.69. The molecule has 0 saturated heterocycles. The van der Waals surface area contributed by atoms with Gasteiger partial charge in [0.1, 0.15) is 5.82 Å². The number of nitrogens with one attached hydrogen (secondary N) is 2. The van der Waals surface area contributed by atoms with E-state index in [0.29, 0.717) is 0 Å². The van der Waals surface area contributed by atoms with Crippen LogP contribution in [0.25, 0.3) is 0 Å². The van der Waals surface area contributed by atoms with Gasteiger partial charge < -0.3 is 5.32 Å². The van der Waals surface area contributed by atoms with Crippen LogP contribution >= 0.6 is 11.8 Å². The summed E-state index contributed by atoms with van der Waals surface area (Å²) in [6.07, 6.45) is 2.01. The molecule has 2 N–H and O–H groups in total. The Labute approximate surface area is 99.8 Å². The first-order valence-corrected chi connectivity index (χ1v) is 6.66. The van der Waals surface area contributed by atoms with E-state index in [9.17, 15) is 4.79 Å². The monoisotopic (exact) mass is 242 g/mol. The highest BCUT2D eigenvalue weighted by Gasteiger charge is 2.15. The van der Waals surface area contributed by atoms with Crippen molar-refractivity contribution in [2.75, 3.05) is 12.0 Å². The molecule has 0 aliphatic rings. The van der Waals surface area contributed by atoms with Gasteiger partial charge in [0.2, 0.25) is 5.82 Å². The highest BCUT2D eigenvalue weighted by molar-refractivity contribution is 7.98. The second-order valence-electron chi connectivity index (χ2n) is 4.03. The summed E-state index contributed by atoms with van der Waals surface area (Å²) in [6, 6.07) is 0.128. The van der Waals surface area contributed by atoms with E-state index in [0.717, 1.165) is 11.6 Å². The third-order valence-corrected chi connectivity index (χ3v) is 2.88. The lowest BCUT2D eigenvalue weighted by Crippen LogP contribution is -2.34. The molecule has 1 amide bonds. The molecule has 0 aromatic carbocycles. The van der Waals surface area contributed by atoms with Crippen molar-refractivity contribution in [3.63, 3.8) is 0 Å². The number of hydrogen-bond donors (Lipinski definition) is 2. The first-order valence-electron chi connectivity index (χ1n) is 5.26. The largest absolute Gasteiger partial charge is 0.346 e. The van der Waals surface area contributed by atoms with Crippen molar-refractivity contribution >= 4 is 17.7 Å². The SMILES string of the molecule is CSCC(C)NC(=O)c1n[nH]c(C(C)C)n1. The molecule has 0 fully saturated rings. The summed E-state index contributed by atoms with van der Waals surface area (Å²) in [5.74, 6) is 1.87. The number of carbonyl (C=O) groups is 1. The minimum Gasteiger partial charge on any atom is -0.346 e. The van der Waals surface area contributed by atoms with Crippen LogP contribution in [0.2, 0.25) is 0 Å². The lowest BCUT2D eigenvalue weighted by atomic mass is 10.2. The molecular formula is C10H18N4OS. The average molecular weight is 242 g/mol. The Morgan fingerprint density at radius 2 is 2.19 bits per heavy atom. The van der Waals surface area contributed by atoms with E-state index in [4.69, 9.17) is 0 Å². The van der Waals surface area contributed by atoms with Crippen molar-refractivity contribution in [3.05, 3.63) is 11.6 Å². The summed E-state index contributed by atoms with van der Waals surface area (Å²) < 4.78 is 0. The zero-order chi connectivity index (χ0) is 12.1. The summed E-state index contributed by atoms with van der Waals surface area (Å²) in [5, 5.41) is 9.50. The van der Waals surface area contributed by atoms with Gasteiger partial charge in [0.25, 0.3) is 5.91 Å². The van der Waals surface area contributed by atoms with E-state index in [-0.39, 0.29) is 23.7 Å². The van der Waals surface area contributed by atoms with Crippen LogP contribution in [0.5, 0.6) is 0 Å². The van der Waals surface area contributed by atoms with Crippen LogP contribution < -0.4 is 5.32 Å². The molecule has 0 aliphatic carbocycles. The van der Waals surface area contributed by atoms with Gasteiger partial charge in [-0.3, -0.25) is 9.89 Å². The predicted molar refractivity (Wildman–Crippen MR) is 65.8 cm³/mol. The van der Waals surface area contributed by atoms with E-state index in [1.807, 2.05) is 27.0 Å². The first-order chi connectivity index (χ1) is 7.54. The maximum atomic E-state index is 11.7. The molecule has 1 unspecified atom stereocenters. The third kappa shape index (κ3) is 3.52. The van der Waals surface area contributed by atoms with Crippen molar-refractivity contribution < 1.29 is 4.79 Å². The Morgan fingerprint density at radius 1 is 1.50 bits per heavy atom. The summed E-state index contributed by atoms with van der Waals surface area (Å²) in [5.41, 5.74) is 0. The molecule has 1 atom stereocenters. The topological polar surface area (TPSA) is 70.7 Å². The van der Waals surface area contributed by atoms with E-state index in [1.165, 1.54) is 0 Å². The fraction of sp³-hybridized carbons (Fsp3) is 0.700. The maximum absolute atomic E-state index is 11.7. The fourth-order valence-electron chi connectivity index (χ4n) is 1.21. The molecule has 0 aliphatic heterocycles. The minimum atomic E-state index is -0.218. The lowest BCUT2D eigenvalue weighted by Gasteiger charge is -2.10. The van der Waals surface area contributed by atoms with Crippen LogP contribution in [0, 0.1) is 0 Å². The van der Waals surface area contributed by atoms with Crippen LogP contribution in [-0.4, -0.2) is 39.1 Å². The van der Waals surface area contributed by atoms with Gasteiger partial charge in [-0.2, -0.15) is 11.8 Å². The maximum Gasteiger partial charge on any atom is 0.291 e. The molecule has 90 valence electrons. The average Bonchev–Trinajstić information content (AvgIpc) is 2.66. The van der Waals surface area contributed by atoms with Crippen LogP contribution in [0.4, 0.5) is 0 Å². The molecule has 1 heterocycles. The first kappa shape index (κ1) is 13.0. The van der Waals surface area contributed by atoms with Gasteiger partial charge in [-0.1, -0.05) is 13.8 Å². The third-order valence-electron chi connectivity index (χ3n) is 2.05. The Bertz CT molecular complexity index is 350. The van der Waals surface area contributed by atoms with E-state index in [1.54, 1.807) is 11.8 Å². The second kappa shape index (κ2) is 5.89. The summed E-state index contributed by atoms with van der Waals surface area (Å²) in [7, 11) is 0. The number of aromatic amines is 1. The quantitative estimate of drug-likeness (QED) is 0.819. The van der Waals surface area contributed by atoms with E-state index in [2.05, 4.69) is 20.5 Å². The number of carbonyl (C=O) groups excluding carboxylic acids is 1. The molecule has 0 saturated carbocycles. The number of rotatable bonds is 5. The number of nitrogens with zero attached hydrogens (tertiary/aromatic N) is 2. The van der Waals surface area contributed by atoms with Crippen molar-refractivity contribution in [3.8, 4) is 0 Å². The molecule has 1 aromatic rings. The summed E-state index contributed by atoms with van der Waals surface area (Å²) in [4.78, 5) is 15.8. The minimum absolute atomic E-state index is 0.128. The van der Waals surface area contributed by atoms with Gasteiger partial charge in [-0.15, -0.1) is 5.10 Å². The molecule has 16 heavy (non-hydrogen) atoms. The molecule has 1 aromatic heterocycles. The van der Waals surface area contributed by atoms with Crippen LogP contribution in [0.15, 0.2) is 0 Å². The van der Waals surface area contributed by atoms with Crippen LogP contribution in [0.3, 0.4) is 0 Å². The van der Waals surface area contributed by atoms with Crippen molar-refractivity contribution in [1.29, 1.82) is 0 Å². The molecule has 5 nitrogen and oxygen atoms in total. The molecule has 6 heteroatoms. The highest BCUT2D eigenvalue weighted by Crippen LogP contribution is 2.07. The van der Waals surface area contributed by atoms with Gasteiger partial charge in [-0.05, 0) is 13.2 Å². The number of amides is 1. The molecule has 0 radical (unpaired) electrons. The number of hydrogen-bond acceptors (Lipinski definition) is 4. The molecule has 0 bridgehead atoms. The smallest absolute Gasteiger partial charge is 0.291 e. The van der Waals surface area contributed by atoms with Crippen LogP contribution in [-0.2, 0) is 0 Å². The zero-order valence-electron chi connectivity index (χ0n) is 10.1. The van der Waals surface area contributed by atoms with Crippen LogP contribution in [0.1, 0.15) is 43.1 Å². The Morgan fingerprint density at radius 3 is 2.69 bits per heavy atom. The molecule has 1 rings (SSSR count). The second-order valence-corrected chi connectivity index (χ2v) is 4.94. The summed E-state index contributed by atoms with van der Waals surface area (Å²) in [6.45, 7) is 5.96. The van der Waals surface area contributed by atoms with Gasteiger partial charge in [0, 0.05) is 17.7 Å². The van der Waals surface area contributed by atoms with Crippen molar-refractivity contribution in [2.24, 2.45) is 0 Å². The van der Waals surface area contributed by atoms with Gasteiger partial charge in [-0.25, -0.2) is 4.98 Å². The van der Waals surface area contributed by atoms with Gasteiger partial charge in [0.05, 0.1) is 0 Å². The Kier molecular flexibility index (Phi) is 4.79. The molecular weight excluding hydrogens is 224 g/mol. The Hall–Kier alpha value is -1.04. The number of H-pyrrole nitrogens is 1. The highest BCUT2D eigenvalue weighted by atomic mass is 32.2. The zero-order valence-corrected chi connectivity index (χ0v) is 10.9. The molecule has 0 spiro atoms. The van der Waals surface area contributed by atoms with E-state index < -0.39 is 0 Å². The number of aromatic nitrogens is 3.